The van der Waals surface area contributed by atoms with Crippen molar-refractivity contribution in [1.82, 2.24) is 9.88 Å². The number of primary sulfonamides is 1. The molecule has 24 heavy (non-hydrogen) atoms. The van der Waals surface area contributed by atoms with Gasteiger partial charge in [0.05, 0.1) is 16.6 Å². The van der Waals surface area contributed by atoms with E-state index in [0.717, 1.165) is 24.2 Å². The number of carbonyl (C=O) groups is 1. The molecule has 7 heteroatoms. The molecule has 2 aromatic rings. The van der Waals surface area contributed by atoms with Crippen LogP contribution < -0.4 is 5.14 Å². The largest absolute Gasteiger partial charge is 0.330 e. The van der Waals surface area contributed by atoms with Gasteiger partial charge in [0, 0.05) is 17.8 Å². The molecule has 0 unspecified atom stereocenters. The van der Waals surface area contributed by atoms with Crippen molar-refractivity contribution in [2.24, 2.45) is 5.14 Å². The summed E-state index contributed by atoms with van der Waals surface area (Å²) in [4.78, 5) is 19.1. The van der Waals surface area contributed by atoms with Crippen molar-refractivity contribution < 1.29 is 13.2 Å². The van der Waals surface area contributed by atoms with E-state index in [9.17, 15) is 13.2 Å². The van der Waals surface area contributed by atoms with Gasteiger partial charge in [0.25, 0.3) is 5.91 Å². The minimum Gasteiger partial charge on any atom is -0.330 e. The first-order chi connectivity index (χ1) is 11.4. The molecule has 0 saturated carbocycles. The summed E-state index contributed by atoms with van der Waals surface area (Å²) in [5, 5.41) is 5.09. The van der Waals surface area contributed by atoms with Crippen molar-refractivity contribution in [3.8, 4) is 0 Å². The van der Waals surface area contributed by atoms with Gasteiger partial charge in [0.2, 0.25) is 10.0 Å². The zero-order valence-electron chi connectivity index (χ0n) is 13.3. The van der Waals surface area contributed by atoms with Gasteiger partial charge in [0.15, 0.2) is 0 Å². The van der Waals surface area contributed by atoms with Crippen LogP contribution in [0.25, 0.3) is 0 Å². The average molecular weight is 345 g/mol. The van der Waals surface area contributed by atoms with Crippen LogP contribution in [0.15, 0.2) is 47.4 Å². The van der Waals surface area contributed by atoms with E-state index in [1.807, 2.05) is 25.1 Å². The standard InChI is InChI=1S/C17H19N3O3S/c1-12-4-2-5-15(19-12)16-6-3-11-20(16)17(21)13-7-9-14(10-8-13)24(18,22)23/h2,4-5,7-10,16H,3,6,11H2,1H3,(H2,18,22,23)/t16-/m0/s1. The van der Waals surface area contributed by atoms with Crippen molar-refractivity contribution in [2.45, 2.75) is 30.7 Å². The summed E-state index contributed by atoms with van der Waals surface area (Å²) < 4.78 is 22.6. The molecule has 126 valence electrons. The number of aromatic nitrogens is 1. The second kappa shape index (κ2) is 6.33. The number of likely N-dealkylation sites (tertiary alicyclic amines) is 1. The first kappa shape index (κ1) is 16.6. The van der Waals surface area contributed by atoms with Crippen LogP contribution >= 0.6 is 0 Å². The van der Waals surface area contributed by atoms with Gasteiger partial charge in [-0.3, -0.25) is 9.78 Å². The number of hydrogen-bond acceptors (Lipinski definition) is 4. The van der Waals surface area contributed by atoms with Crippen molar-refractivity contribution in [1.29, 1.82) is 0 Å². The molecule has 1 aromatic carbocycles. The summed E-state index contributed by atoms with van der Waals surface area (Å²) in [6.45, 7) is 2.59. The summed E-state index contributed by atoms with van der Waals surface area (Å²) in [6, 6.07) is 11.5. The lowest BCUT2D eigenvalue weighted by Crippen LogP contribution is -2.31. The van der Waals surface area contributed by atoms with Gasteiger partial charge in [-0.05, 0) is 56.2 Å². The third-order valence-electron chi connectivity index (χ3n) is 4.19. The highest BCUT2D eigenvalue weighted by Crippen LogP contribution is 2.32. The van der Waals surface area contributed by atoms with Gasteiger partial charge in [0.1, 0.15) is 0 Å². The number of sulfonamides is 1. The second-order valence-electron chi connectivity index (χ2n) is 5.93. The molecule has 0 spiro atoms. The maximum Gasteiger partial charge on any atom is 0.254 e. The van der Waals surface area contributed by atoms with Gasteiger partial charge in [-0.2, -0.15) is 0 Å². The highest BCUT2D eigenvalue weighted by atomic mass is 32.2. The van der Waals surface area contributed by atoms with Crippen molar-refractivity contribution in [3.05, 3.63) is 59.4 Å². The number of benzene rings is 1. The maximum atomic E-state index is 12.8. The Morgan fingerprint density at radius 2 is 1.92 bits per heavy atom. The SMILES string of the molecule is Cc1cccc([C@@H]2CCCN2C(=O)c2ccc(S(N)(=O)=O)cc2)n1. The van der Waals surface area contributed by atoms with E-state index in [1.54, 1.807) is 4.90 Å². The van der Waals surface area contributed by atoms with Crippen LogP contribution in [-0.4, -0.2) is 30.8 Å². The summed E-state index contributed by atoms with van der Waals surface area (Å²) >= 11 is 0. The summed E-state index contributed by atoms with van der Waals surface area (Å²) in [7, 11) is -3.76. The first-order valence-corrected chi connectivity index (χ1v) is 9.28. The summed E-state index contributed by atoms with van der Waals surface area (Å²) in [5.74, 6) is -0.123. The van der Waals surface area contributed by atoms with Gasteiger partial charge in [-0.1, -0.05) is 6.07 Å². The Bertz CT molecular complexity index is 863. The fraction of sp³-hybridized carbons (Fsp3) is 0.294. The molecule has 1 atom stereocenters. The smallest absolute Gasteiger partial charge is 0.254 e. The fourth-order valence-corrected chi connectivity index (χ4v) is 3.54. The average Bonchev–Trinajstić information content (AvgIpc) is 3.03. The molecule has 6 nitrogen and oxygen atoms in total. The lowest BCUT2D eigenvalue weighted by Gasteiger charge is -2.24. The molecule has 1 fully saturated rings. The molecule has 1 amide bonds. The molecule has 1 saturated heterocycles. The fourth-order valence-electron chi connectivity index (χ4n) is 3.02. The van der Waals surface area contributed by atoms with Crippen LogP contribution in [0.1, 0.15) is 40.6 Å². The van der Waals surface area contributed by atoms with E-state index in [2.05, 4.69) is 4.98 Å². The lowest BCUT2D eigenvalue weighted by atomic mass is 10.1. The highest BCUT2D eigenvalue weighted by molar-refractivity contribution is 7.89. The summed E-state index contributed by atoms with van der Waals surface area (Å²) in [6.07, 6.45) is 1.79. The van der Waals surface area contributed by atoms with Crippen LogP contribution in [0.5, 0.6) is 0 Å². The maximum absolute atomic E-state index is 12.8. The molecule has 1 aliphatic rings. The Hall–Kier alpha value is -2.25. The number of amides is 1. The van der Waals surface area contributed by atoms with Crippen LogP contribution in [0.2, 0.25) is 0 Å². The van der Waals surface area contributed by atoms with E-state index in [1.165, 1.54) is 24.3 Å². The molecule has 1 aromatic heterocycles. The molecular formula is C17H19N3O3S. The summed E-state index contributed by atoms with van der Waals surface area (Å²) in [5.41, 5.74) is 2.26. The monoisotopic (exact) mass is 345 g/mol. The zero-order valence-corrected chi connectivity index (χ0v) is 14.2. The number of nitrogens with zero attached hydrogens (tertiary/aromatic N) is 2. The number of aryl methyl sites for hydroxylation is 1. The Balaban J connectivity index is 1.86. The van der Waals surface area contributed by atoms with Crippen molar-refractivity contribution >= 4 is 15.9 Å². The molecule has 0 bridgehead atoms. The number of hydrogen-bond donors (Lipinski definition) is 1. The van der Waals surface area contributed by atoms with E-state index in [4.69, 9.17) is 5.14 Å². The van der Waals surface area contributed by atoms with Gasteiger partial charge in [-0.25, -0.2) is 13.6 Å². The molecule has 0 radical (unpaired) electrons. The molecule has 2 heterocycles. The zero-order chi connectivity index (χ0) is 17.3. The quantitative estimate of drug-likeness (QED) is 0.921. The molecule has 3 rings (SSSR count). The number of rotatable bonds is 3. The Labute approximate surface area is 141 Å². The normalized spacial score (nSPS) is 17.9. The number of pyridine rings is 1. The van der Waals surface area contributed by atoms with Gasteiger partial charge in [-0.15, -0.1) is 0 Å². The minimum absolute atomic E-state index is 0.00243. The van der Waals surface area contributed by atoms with Crippen LogP contribution in [0.3, 0.4) is 0 Å². The molecule has 0 aliphatic carbocycles. The molecule has 2 N–H and O–H groups in total. The van der Waals surface area contributed by atoms with E-state index >= 15 is 0 Å². The van der Waals surface area contributed by atoms with Crippen molar-refractivity contribution in [3.63, 3.8) is 0 Å². The third kappa shape index (κ3) is 3.32. The Morgan fingerprint density at radius 1 is 1.21 bits per heavy atom. The molecular weight excluding hydrogens is 326 g/mol. The topological polar surface area (TPSA) is 93.4 Å². The predicted molar refractivity (Wildman–Crippen MR) is 89.8 cm³/mol. The van der Waals surface area contributed by atoms with Crippen molar-refractivity contribution in [2.75, 3.05) is 6.54 Å². The van der Waals surface area contributed by atoms with Crippen LogP contribution in [0.4, 0.5) is 0 Å². The number of carbonyl (C=O) groups excluding carboxylic acids is 1. The van der Waals surface area contributed by atoms with Gasteiger partial charge < -0.3 is 4.90 Å². The number of nitrogens with two attached hydrogens (primary N) is 1. The first-order valence-electron chi connectivity index (χ1n) is 7.73. The Morgan fingerprint density at radius 3 is 2.54 bits per heavy atom. The van der Waals surface area contributed by atoms with Crippen LogP contribution in [0, 0.1) is 6.92 Å². The molecule has 1 aliphatic heterocycles. The Kier molecular flexibility index (Phi) is 4.38. The van der Waals surface area contributed by atoms with E-state index in [-0.39, 0.29) is 16.8 Å². The van der Waals surface area contributed by atoms with Crippen LogP contribution in [-0.2, 0) is 10.0 Å². The second-order valence-corrected chi connectivity index (χ2v) is 7.49. The lowest BCUT2D eigenvalue weighted by molar-refractivity contribution is 0.0732. The van der Waals surface area contributed by atoms with E-state index in [0.29, 0.717) is 12.1 Å². The van der Waals surface area contributed by atoms with Gasteiger partial charge >= 0.3 is 0 Å². The predicted octanol–water partition coefficient (Wildman–Crippen LogP) is 2.01. The minimum atomic E-state index is -3.76. The van der Waals surface area contributed by atoms with E-state index < -0.39 is 10.0 Å². The third-order valence-corrected chi connectivity index (χ3v) is 5.12. The highest BCUT2D eigenvalue weighted by Gasteiger charge is 2.31.